The first-order chi connectivity index (χ1) is 10.5. The van der Waals surface area contributed by atoms with Crippen molar-refractivity contribution >= 4 is 7.12 Å². The van der Waals surface area contributed by atoms with Crippen LogP contribution in [0.15, 0.2) is 0 Å². The molecule has 130 valence electrons. The lowest BCUT2D eigenvalue weighted by atomic mass is 9.78. The van der Waals surface area contributed by atoms with Gasteiger partial charge >= 0.3 is 7.12 Å². The molecule has 0 amide bonds. The summed E-state index contributed by atoms with van der Waals surface area (Å²) in [4.78, 5) is 0. The predicted molar refractivity (Wildman–Crippen MR) is 82.9 cm³/mol. The monoisotopic (exact) mass is 326 g/mol. The smallest absolute Gasteiger partial charge is 0.403 e. The van der Waals surface area contributed by atoms with Crippen LogP contribution < -0.4 is 0 Å². The maximum atomic E-state index is 6.20. The molecular formula is C16H27BO6. The Labute approximate surface area is 138 Å². The summed E-state index contributed by atoms with van der Waals surface area (Å²) in [5, 5.41) is 0. The quantitative estimate of drug-likeness (QED) is 0.725. The van der Waals surface area contributed by atoms with Crippen LogP contribution in [-0.4, -0.2) is 55.3 Å². The molecule has 4 aliphatic rings. The highest BCUT2D eigenvalue weighted by Gasteiger charge is 2.78. The van der Waals surface area contributed by atoms with Crippen molar-refractivity contribution in [3.63, 3.8) is 0 Å². The Kier molecular flexibility index (Phi) is 3.19. The van der Waals surface area contributed by atoms with Gasteiger partial charge in [0, 0.05) is 12.9 Å². The number of hydrogen-bond acceptors (Lipinski definition) is 6. The molecule has 23 heavy (non-hydrogen) atoms. The standard InChI is InChI=1S/C16H27BO6/c1-13(2)14(3,4)23-17(22-13)9-8-16(9)11-10(12(18-7)21-16)19-15(5,6)20-11/h9-12H,8H2,1-7H3/t9-,10+,11?,12-,16-/m1/s1. The minimum Gasteiger partial charge on any atom is -0.403 e. The van der Waals surface area contributed by atoms with Crippen molar-refractivity contribution in [1.29, 1.82) is 0 Å². The van der Waals surface area contributed by atoms with E-state index in [1.54, 1.807) is 7.11 Å². The van der Waals surface area contributed by atoms with Crippen LogP contribution in [0.4, 0.5) is 0 Å². The fraction of sp³-hybridized carbons (Fsp3) is 1.00. The van der Waals surface area contributed by atoms with Crippen molar-refractivity contribution < 1.29 is 28.3 Å². The van der Waals surface area contributed by atoms with Gasteiger partial charge < -0.3 is 28.3 Å². The zero-order valence-electron chi connectivity index (χ0n) is 15.0. The molecule has 1 unspecified atom stereocenters. The molecule has 0 aromatic heterocycles. The van der Waals surface area contributed by atoms with Gasteiger partial charge in [-0.2, -0.15) is 0 Å². The summed E-state index contributed by atoms with van der Waals surface area (Å²) in [6, 6.07) is 0. The summed E-state index contributed by atoms with van der Waals surface area (Å²) in [7, 11) is 1.35. The SMILES string of the molecule is CO[C@@H]1O[C@@]2(C[C@H]2B2OC(C)(C)C(C)(C)O2)C2OC(C)(C)O[C@@H]21. The minimum absolute atomic E-state index is 0.133. The van der Waals surface area contributed by atoms with Crippen LogP contribution >= 0.6 is 0 Å². The topological polar surface area (TPSA) is 55.4 Å². The molecule has 0 radical (unpaired) electrons. The van der Waals surface area contributed by atoms with E-state index in [0.717, 1.165) is 6.42 Å². The van der Waals surface area contributed by atoms with Crippen molar-refractivity contribution in [3.8, 4) is 0 Å². The molecule has 0 aromatic carbocycles. The highest BCUT2D eigenvalue weighted by molar-refractivity contribution is 6.49. The van der Waals surface area contributed by atoms with Crippen LogP contribution in [0.3, 0.4) is 0 Å². The van der Waals surface area contributed by atoms with Gasteiger partial charge in [0.15, 0.2) is 12.1 Å². The maximum absolute atomic E-state index is 6.20. The lowest BCUT2D eigenvalue weighted by molar-refractivity contribution is -0.232. The third-order valence-electron chi connectivity index (χ3n) is 6.05. The fourth-order valence-corrected chi connectivity index (χ4v) is 4.03. The lowest BCUT2D eigenvalue weighted by Gasteiger charge is -2.32. The van der Waals surface area contributed by atoms with Crippen LogP contribution in [0.1, 0.15) is 48.0 Å². The van der Waals surface area contributed by atoms with Gasteiger partial charge in [0.05, 0.1) is 11.2 Å². The molecule has 7 heteroatoms. The average molecular weight is 326 g/mol. The van der Waals surface area contributed by atoms with Gasteiger partial charge in [0.1, 0.15) is 17.8 Å². The molecule has 1 saturated carbocycles. The molecule has 4 rings (SSSR count). The molecular weight excluding hydrogens is 299 g/mol. The molecule has 3 saturated heterocycles. The normalized spacial score (nSPS) is 48.9. The van der Waals surface area contributed by atoms with Gasteiger partial charge in [-0.25, -0.2) is 0 Å². The largest absolute Gasteiger partial charge is 0.464 e. The van der Waals surface area contributed by atoms with Gasteiger partial charge in [-0.15, -0.1) is 0 Å². The second-order valence-electron chi connectivity index (χ2n) is 8.63. The van der Waals surface area contributed by atoms with Crippen LogP contribution in [0.5, 0.6) is 0 Å². The van der Waals surface area contributed by atoms with Gasteiger partial charge in [0.25, 0.3) is 0 Å². The number of ether oxygens (including phenoxy) is 4. The second kappa shape index (κ2) is 4.51. The summed E-state index contributed by atoms with van der Waals surface area (Å²) in [5.74, 6) is -0.486. The van der Waals surface area contributed by atoms with E-state index >= 15 is 0 Å². The molecule has 5 atom stereocenters. The first-order valence-corrected chi connectivity index (χ1v) is 8.43. The molecule has 6 nitrogen and oxygen atoms in total. The van der Waals surface area contributed by atoms with E-state index in [0.29, 0.717) is 0 Å². The third-order valence-corrected chi connectivity index (χ3v) is 6.05. The number of methoxy groups -OCH3 is 1. The van der Waals surface area contributed by atoms with Crippen LogP contribution in [0.25, 0.3) is 0 Å². The first-order valence-electron chi connectivity index (χ1n) is 8.43. The van der Waals surface area contributed by atoms with E-state index in [4.69, 9.17) is 28.3 Å². The van der Waals surface area contributed by atoms with Crippen molar-refractivity contribution in [1.82, 2.24) is 0 Å². The zero-order valence-corrected chi connectivity index (χ0v) is 15.0. The van der Waals surface area contributed by atoms with Crippen molar-refractivity contribution in [2.75, 3.05) is 7.11 Å². The van der Waals surface area contributed by atoms with E-state index in [9.17, 15) is 0 Å². The summed E-state index contributed by atoms with van der Waals surface area (Å²) < 4.78 is 36.2. The van der Waals surface area contributed by atoms with Crippen molar-refractivity contribution in [3.05, 3.63) is 0 Å². The molecule has 4 fully saturated rings. The second-order valence-corrected chi connectivity index (χ2v) is 8.63. The van der Waals surface area contributed by atoms with Gasteiger partial charge in [0.2, 0.25) is 0 Å². The minimum atomic E-state index is -0.619. The Hall–Kier alpha value is -0.175. The van der Waals surface area contributed by atoms with E-state index in [1.807, 2.05) is 13.8 Å². The predicted octanol–water partition coefficient (Wildman–Crippen LogP) is 2.11. The van der Waals surface area contributed by atoms with E-state index in [-0.39, 0.29) is 36.3 Å². The lowest BCUT2D eigenvalue weighted by Crippen LogP contribution is -2.41. The van der Waals surface area contributed by atoms with Crippen molar-refractivity contribution in [2.45, 2.75) is 94.9 Å². The molecule has 3 aliphatic heterocycles. The average Bonchev–Trinajstić information content (AvgIpc) is 2.86. The maximum Gasteiger partial charge on any atom is 0.464 e. The van der Waals surface area contributed by atoms with Gasteiger partial charge in [-0.05, 0) is 48.0 Å². The summed E-state index contributed by atoms with van der Waals surface area (Å²) in [6.07, 6.45) is 0.0766. The first kappa shape index (κ1) is 16.3. The van der Waals surface area contributed by atoms with Crippen LogP contribution in [0.2, 0.25) is 5.82 Å². The summed E-state index contributed by atoms with van der Waals surface area (Å²) >= 11 is 0. The Morgan fingerprint density at radius 2 is 1.52 bits per heavy atom. The van der Waals surface area contributed by atoms with Gasteiger partial charge in [-0.1, -0.05) is 0 Å². The zero-order chi connectivity index (χ0) is 16.8. The third kappa shape index (κ3) is 2.17. The highest BCUT2D eigenvalue weighted by Crippen LogP contribution is 2.66. The molecule has 0 aromatic rings. The molecule has 0 bridgehead atoms. The number of rotatable bonds is 2. The Bertz CT molecular complexity index is 505. The summed E-state index contributed by atoms with van der Waals surface area (Å²) in [6.45, 7) is 12.1. The molecule has 1 aliphatic carbocycles. The van der Waals surface area contributed by atoms with Crippen LogP contribution in [-0.2, 0) is 28.3 Å². The Morgan fingerprint density at radius 3 is 2.09 bits per heavy atom. The number of fused-ring (bicyclic) bond motifs is 2. The van der Waals surface area contributed by atoms with E-state index in [1.165, 1.54) is 0 Å². The molecule has 0 N–H and O–H groups in total. The fourth-order valence-electron chi connectivity index (χ4n) is 4.03. The van der Waals surface area contributed by atoms with Gasteiger partial charge in [-0.3, -0.25) is 0 Å². The van der Waals surface area contributed by atoms with Crippen molar-refractivity contribution in [2.24, 2.45) is 0 Å². The van der Waals surface area contributed by atoms with E-state index in [2.05, 4.69) is 27.7 Å². The molecule has 1 spiro atoms. The molecule has 3 heterocycles. The van der Waals surface area contributed by atoms with E-state index < -0.39 is 17.7 Å². The van der Waals surface area contributed by atoms with Crippen LogP contribution in [0, 0.1) is 0 Å². The highest BCUT2D eigenvalue weighted by atomic mass is 16.8. The number of hydrogen-bond donors (Lipinski definition) is 0. The Balaban J connectivity index is 1.56. The Morgan fingerprint density at radius 1 is 0.913 bits per heavy atom. The summed E-state index contributed by atoms with van der Waals surface area (Å²) in [5.41, 5.74) is -1.11.